The Morgan fingerprint density at radius 1 is 1.50 bits per heavy atom. The second kappa shape index (κ2) is 4.12. The highest BCUT2D eigenvalue weighted by molar-refractivity contribution is 5.41. The van der Waals surface area contributed by atoms with E-state index >= 15 is 0 Å². The SMILES string of the molecule is CCCC(O)c1cccc(N)c1. The summed E-state index contributed by atoms with van der Waals surface area (Å²) in [5.41, 5.74) is 7.21. The van der Waals surface area contributed by atoms with Crippen LogP contribution in [0, 0.1) is 0 Å². The van der Waals surface area contributed by atoms with Crippen molar-refractivity contribution in [3.63, 3.8) is 0 Å². The fraction of sp³-hybridized carbons (Fsp3) is 0.400. The summed E-state index contributed by atoms with van der Waals surface area (Å²) in [6, 6.07) is 7.41. The maximum atomic E-state index is 9.59. The summed E-state index contributed by atoms with van der Waals surface area (Å²) in [7, 11) is 0. The molecule has 0 bridgehead atoms. The standard InChI is InChI=1S/C10H15NO/c1-2-4-10(12)8-5-3-6-9(11)7-8/h3,5-7,10,12H,2,4,11H2,1H3. The van der Waals surface area contributed by atoms with Crippen LogP contribution >= 0.6 is 0 Å². The molecule has 1 aromatic carbocycles. The predicted molar refractivity (Wildman–Crippen MR) is 50.7 cm³/mol. The largest absolute Gasteiger partial charge is 0.399 e. The van der Waals surface area contributed by atoms with Crippen molar-refractivity contribution in [1.82, 2.24) is 0 Å². The molecule has 1 unspecified atom stereocenters. The monoisotopic (exact) mass is 165 g/mol. The fourth-order valence-electron chi connectivity index (χ4n) is 1.21. The first-order chi connectivity index (χ1) is 5.74. The highest BCUT2D eigenvalue weighted by atomic mass is 16.3. The second-order valence-electron chi connectivity index (χ2n) is 2.97. The minimum Gasteiger partial charge on any atom is -0.399 e. The van der Waals surface area contributed by atoms with Gasteiger partial charge >= 0.3 is 0 Å². The Morgan fingerprint density at radius 3 is 2.83 bits per heavy atom. The smallest absolute Gasteiger partial charge is 0.0790 e. The molecule has 0 aliphatic rings. The molecule has 2 heteroatoms. The molecule has 2 nitrogen and oxygen atoms in total. The Bertz CT molecular complexity index is 247. The lowest BCUT2D eigenvalue weighted by atomic mass is 10.1. The third kappa shape index (κ3) is 2.24. The van der Waals surface area contributed by atoms with Gasteiger partial charge in [-0.25, -0.2) is 0 Å². The number of nitrogen functional groups attached to an aromatic ring is 1. The van der Waals surface area contributed by atoms with Crippen LogP contribution in [0.5, 0.6) is 0 Å². The zero-order valence-electron chi connectivity index (χ0n) is 7.33. The molecule has 0 amide bonds. The number of aliphatic hydroxyl groups excluding tert-OH is 1. The van der Waals surface area contributed by atoms with Crippen LogP contribution in [0.2, 0.25) is 0 Å². The maximum absolute atomic E-state index is 9.59. The molecule has 0 saturated heterocycles. The van der Waals surface area contributed by atoms with Gasteiger partial charge in [-0.3, -0.25) is 0 Å². The molecule has 12 heavy (non-hydrogen) atoms. The van der Waals surface area contributed by atoms with Crippen LogP contribution in [0.4, 0.5) is 5.69 Å². The Kier molecular flexibility index (Phi) is 3.11. The average molecular weight is 165 g/mol. The molecular formula is C10H15NO. The first-order valence-corrected chi connectivity index (χ1v) is 4.27. The number of benzene rings is 1. The van der Waals surface area contributed by atoms with E-state index in [1.54, 1.807) is 0 Å². The molecule has 0 aliphatic heterocycles. The van der Waals surface area contributed by atoms with Crippen LogP contribution in [0.3, 0.4) is 0 Å². The van der Waals surface area contributed by atoms with Gasteiger partial charge in [-0.1, -0.05) is 25.5 Å². The summed E-state index contributed by atoms with van der Waals surface area (Å²) < 4.78 is 0. The quantitative estimate of drug-likeness (QED) is 0.674. The van der Waals surface area contributed by atoms with Crippen LogP contribution < -0.4 is 5.73 Å². The van der Waals surface area contributed by atoms with Gasteiger partial charge < -0.3 is 10.8 Å². The van der Waals surface area contributed by atoms with Crippen molar-refractivity contribution in [2.45, 2.75) is 25.9 Å². The Balaban J connectivity index is 2.73. The van der Waals surface area contributed by atoms with E-state index in [0.717, 1.165) is 18.4 Å². The zero-order chi connectivity index (χ0) is 8.97. The molecular weight excluding hydrogens is 150 g/mol. The lowest BCUT2D eigenvalue weighted by Crippen LogP contribution is -1.97. The average Bonchev–Trinajstić information content (AvgIpc) is 2.05. The van der Waals surface area contributed by atoms with E-state index in [1.165, 1.54) is 0 Å². The van der Waals surface area contributed by atoms with E-state index < -0.39 is 0 Å². The highest BCUT2D eigenvalue weighted by Crippen LogP contribution is 2.19. The van der Waals surface area contributed by atoms with Gasteiger partial charge in [0.15, 0.2) is 0 Å². The third-order valence-corrected chi connectivity index (χ3v) is 1.86. The molecule has 0 aliphatic carbocycles. The van der Waals surface area contributed by atoms with Crippen LogP contribution in [0.15, 0.2) is 24.3 Å². The molecule has 1 aromatic rings. The summed E-state index contributed by atoms with van der Waals surface area (Å²) >= 11 is 0. The van der Waals surface area contributed by atoms with Crippen LogP contribution in [-0.2, 0) is 0 Å². The molecule has 1 rings (SSSR count). The molecule has 0 spiro atoms. The molecule has 0 aromatic heterocycles. The minimum atomic E-state index is -0.363. The van der Waals surface area contributed by atoms with Gasteiger partial charge in [-0.2, -0.15) is 0 Å². The van der Waals surface area contributed by atoms with E-state index in [-0.39, 0.29) is 6.10 Å². The Hall–Kier alpha value is -1.02. The van der Waals surface area contributed by atoms with Gasteiger partial charge in [0.2, 0.25) is 0 Å². The molecule has 66 valence electrons. The third-order valence-electron chi connectivity index (χ3n) is 1.86. The van der Waals surface area contributed by atoms with E-state index in [2.05, 4.69) is 6.92 Å². The van der Waals surface area contributed by atoms with E-state index in [4.69, 9.17) is 5.73 Å². The van der Waals surface area contributed by atoms with Gasteiger partial charge in [0.1, 0.15) is 0 Å². The van der Waals surface area contributed by atoms with Gasteiger partial charge in [-0.05, 0) is 24.1 Å². The summed E-state index contributed by atoms with van der Waals surface area (Å²) in [6.07, 6.45) is 1.41. The minimum absolute atomic E-state index is 0.363. The number of anilines is 1. The number of hydrogen-bond donors (Lipinski definition) is 2. The lowest BCUT2D eigenvalue weighted by Gasteiger charge is -2.09. The maximum Gasteiger partial charge on any atom is 0.0790 e. The van der Waals surface area contributed by atoms with Crippen molar-refractivity contribution in [3.8, 4) is 0 Å². The normalized spacial score (nSPS) is 12.8. The molecule has 0 radical (unpaired) electrons. The number of nitrogens with two attached hydrogens (primary N) is 1. The topological polar surface area (TPSA) is 46.2 Å². The highest BCUT2D eigenvalue weighted by Gasteiger charge is 2.04. The van der Waals surface area contributed by atoms with Crippen LogP contribution in [-0.4, -0.2) is 5.11 Å². The van der Waals surface area contributed by atoms with Crippen molar-refractivity contribution in [2.24, 2.45) is 0 Å². The van der Waals surface area contributed by atoms with E-state index in [0.29, 0.717) is 5.69 Å². The summed E-state index contributed by atoms with van der Waals surface area (Å²) in [4.78, 5) is 0. The number of rotatable bonds is 3. The summed E-state index contributed by atoms with van der Waals surface area (Å²) in [6.45, 7) is 2.05. The predicted octanol–water partition coefficient (Wildman–Crippen LogP) is 2.10. The molecule has 0 heterocycles. The summed E-state index contributed by atoms with van der Waals surface area (Å²) in [5, 5.41) is 9.59. The lowest BCUT2D eigenvalue weighted by molar-refractivity contribution is 0.166. The first kappa shape index (κ1) is 9.07. The fourth-order valence-corrected chi connectivity index (χ4v) is 1.21. The number of hydrogen-bond acceptors (Lipinski definition) is 2. The molecule has 1 atom stereocenters. The van der Waals surface area contributed by atoms with Gasteiger partial charge in [0.25, 0.3) is 0 Å². The van der Waals surface area contributed by atoms with Gasteiger partial charge in [0, 0.05) is 5.69 Å². The van der Waals surface area contributed by atoms with E-state index in [1.807, 2.05) is 24.3 Å². The molecule has 3 N–H and O–H groups in total. The molecule has 0 saturated carbocycles. The van der Waals surface area contributed by atoms with E-state index in [9.17, 15) is 5.11 Å². The Morgan fingerprint density at radius 2 is 2.25 bits per heavy atom. The van der Waals surface area contributed by atoms with Crippen molar-refractivity contribution in [2.75, 3.05) is 5.73 Å². The van der Waals surface area contributed by atoms with Crippen molar-refractivity contribution in [3.05, 3.63) is 29.8 Å². The zero-order valence-corrected chi connectivity index (χ0v) is 7.33. The second-order valence-corrected chi connectivity index (χ2v) is 2.97. The van der Waals surface area contributed by atoms with Crippen molar-refractivity contribution in [1.29, 1.82) is 0 Å². The molecule has 0 fully saturated rings. The van der Waals surface area contributed by atoms with Gasteiger partial charge in [-0.15, -0.1) is 0 Å². The Labute approximate surface area is 73.0 Å². The van der Waals surface area contributed by atoms with Gasteiger partial charge in [0.05, 0.1) is 6.10 Å². The summed E-state index contributed by atoms with van der Waals surface area (Å²) in [5.74, 6) is 0. The number of aliphatic hydroxyl groups is 1. The van der Waals surface area contributed by atoms with Crippen molar-refractivity contribution >= 4 is 5.69 Å². The first-order valence-electron chi connectivity index (χ1n) is 4.27. The van der Waals surface area contributed by atoms with Crippen molar-refractivity contribution < 1.29 is 5.11 Å². The van der Waals surface area contributed by atoms with Crippen LogP contribution in [0.25, 0.3) is 0 Å². The van der Waals surface area contributed by atoms with Crippen LogP contribution in [0.1, 0.15) is 31.4 Å².